The van der Waals surface area contributed by atoms with Gasteiger partial charge in [-0.1, -0.05) is 48.9 Å². The van der Waals surface area contributed by atoms with Crippen LogP contribution >= 0.6 is 11.6 Å². The van der Waals surface area contributed by atoms with Crippen molar-refractivity contribution in [1.82, 2.24) is 4.90 Å². The fourth-order valence-corrected chi connectivity index (χ4v) is 1.62. The maximum absolute atomic E-state index is 6.22. The maximum Gasteiger partial charge on any atom is 0.108 e. The molecule has 0 aliphatic carbocycles. The minimum absolute atomic E-state index is 0.818. The van der Waals surface area contributed by atoms with E-state index < -0.39 is 0 Å². The fraction of sp³-hybridized carbons (Fsp3) is 0.333. The van der Waals surface area contributed by atoms with Crippen LogP contribution in [-0.2, 0) is 0 Å². The number of hydrogen-bond acceptors (Lipinski definition) is 1. The summed E-state index contributed by atoms with van der Waals surface area (Å²) in [4.78, 5) is 1.94. The second-order valence-electron chi connectivity index (χ2n) is 3.38. The van der Waals surface area contributed by atoms with Gasteiger partial charge in [0.05, 0.1) is 0 Å². The smallest absolute Gasteiger partial charge is 0.108 e. The van der Waals surface area contributed by atoms with Crippen molar-refractivity contribution in [2.24, 2.45) is 0 Å². The quantitative estimate of drug-likeness (QED) is 0.688. The van der Waals surface area contributed by atoms with E-state index in [-0.39, 0.29) is 0 Å². The molecule has 0 heterocycles. The predicted octanol–water partition coefficient (Wildman–Crippen LogP) is 3.57. The Labute approximate surface area is 91.0 Å². The Morgan fingerprint density at radius 2 is 1.79 bits per heavy atom. The van der Waals surface area contributed by atoms with Crippen LogP contribution in [-0.4, -0.2) is 19.0 Å². The van der Waals surface area contributed by atoms with E-state index >= 15 is 0 Å². The molecule has 0 unspecified atom stereocenters. The van der Waals surface area contributed by atoms with Crippen LogP contribution in [0.15, 0.2) is 35.5 Å². The van der Waals surface area contributed by atoms with Gasteiger partial charge in [-0.05, 0) is 17.6 Å². The summed E-state index contributed by atoms with van der Waals surface area (Å²) in [7, 11) is 3.92. The number of rotatable bonds is 3. The molecule has 1 rings (SSSR count). The summed E-state index contributed by atoms with van der Waals surface area (Å²) in [6, 6.07) is 10.3. The third-order valence-corrected chi connectivity index (χ3v) is 2.68. The Hall–Kier alpha value is -0.950. The van der Waals surface area contributed by atoms with Crippen molar-refractivity contribution in [1.29, 1.82) is 0 Å². The first kappa shape index (κ1) is 11.1. The lowest BCUT2D eigenvalue weighted by atomic mass is 10.0. The minimum Gasteiger partial charge on any atom is -0.368 e. The third-order valence-electron chi connectivity index (χ3n) is 2.12. The number of benzene rings is 1. The zero-order valence-electron chi connectivity index (χ0n) is 8.92. The van der Waals surface area contributed by atoms with Gasteiger partial charge in [0.1, 0.15) is 5.16 Å². The molecule has 1 aromatic rings. The van der Waals surface area contributed by atoms with Crippen LogP contribution in [0.4, 0.5) is 0 Å². The molecular weight excluding hydrogens is 194 g/mol. The molecule has 2 heteroatoms. The normalized spacial score (nSPS) is 12.3. The van der Waals surface area contributed by atoms with Gasteiger partial charge < -0.3 is 4.90 Å². The van der Waals surface area contributed by atoms with Crippen molar-refractivity contribution >= 4 is 17.2 Å². The molecule has 0 bridgehead atoms. The Balaban J connectivity index is 3.11. The molecular formula is C12H16ClN. The third kappa shape index (κ3) is 2.52. The number of halogens is 1. The molecule has 0 atom stereocenters. The Kier molecular flexibility index (Phi) is 4.02. The summed E-state index contributed by atoms with van der Waals surface area (Å²) >= 11 is 6.22. The summed E-state index contributed by atoms with van der Waals surface area (Å²) in [6.07, 6.45) is 0.945. The summed E-state index contributed by atoms with van der Waals surface area (Å²) in [6.45, 7) is 2.12. The maximum atomic E-state index is 6.22. The zero-order chi connectivity index (χ0) is 10.6. The first-order chi connectivity index (χ1) is 6.66. The van der Waals surface area contributed by atoms with E-state index in [4.69, 9.17) is 11.6 Å². The molecule has 0 saturated heterocycles. The Bertz CT molecular complexity index is 314. The van der Waals surface area contributed by atoms with Gasteiger partial charge in [-0.2, -0.15) is 0 Å². The van der Waals surface area contributed by atoms with Crippen molar-refractivity contribution in [3.63, 3.8) is 0 Å². The molecule has 0 radical (unpaired) electrons. The SMILES string of the molecule is CC/C(=C(\Cl)N(C)C)c1ccccc1. The van der Waals surface area contributed by atoms with E-state index in [0.29, 0.717) is 0 Å². The second kappa shape index (κ2) is 5.06. The lowest BCUT2D eigenvalue weighted by molar-refractivity contribution is 0.547. The molecule has 1 aromatic carbocycles. The van der Waals surface area contributed by atoms with Crippen molar-refractivity contribution in [3.8, 4) is 0 Å². The first-order valence-electron chi connectivity index (χ1n) is 4.78. The Morgan fingerprint density at radius 3 is 2.21 bits per heavy atom. The molecule has 0 aliphatic rings. The lowest BCUT2D eigenvalue weighted by Gasteiger charge is -2.16. The molecule has 1 nitrogen and oxygen atoms in total. The van der Waals surface area contributed by atoms with Gasteiger partial charge in [0.25, 0.3) is 0 Å². The van der Waals surface area contributed by atoms with Gasteiger partial charge in [-0.15, -0.1) is 0 Å². The Morgan fingerprint density at radius 1 is 1.21 bits per heavy atom. The topological polar surface area (TPSA) is 3.24 Å². The highest BCUT2D eigenvalue weighted by molar-refractivity contribution is 6.32. The average molecular weight is 210 g/mol. The van der Waals surface area contributed by atoms with Crippen LogP contribution in [0.1, 0.15) is 18.9 Å². The summed E-state index contributed by atoms with van der Waals surface area (Å²) in [5.74, 6) is 0. The molecule has 0 aliphatic heterocycles. The van der Waals surface area contributed by atoms with Gasteiger partial charge in [-0.25, -0.2) is 0 Å². The van der Waals surface area contributed by atoms with Gasteiger partial charge in [0, 0.05) is 14.1 Å². The van der Waals surface area contributed by atoms with Crippen LogP contribution in [0.25, 0.3) is 5.57 Å². The van der Waals surface area contributed by atoms with Crippen molar-refractivity contribution in [2.45, 2.75) is 13.3 Å². The van der Waals surface area contributed by atoms with Crippen LogP contribution in [0.2, 0.25) is 0 Å². The predicted molar refractivity (Wildman–Crippen MR) is 63.2 cm³/mol. The molecule has 0 saturated carbocycles. The molecule has 0 spiro atoms. The van der Waals surface area contributed by atoms with Crippen molar-refractivity contribution in [3.05, 3.63) is 41.1 Å². The number of hydrogen-bond donors (Lipinski definition) is 0. The standard InChI is InChI=1S/C12H16ClN/c1-4-11(12(13)14(2)3)10-8-6-5-7-9-10/h5-9H,4H2,1-3H3/b12-11-. The first-order valence-corrected chi connectivity index (χ1v) is 5.16. The van der Waals surface area contributed by atoms with Crippen LogP contribution in [0.5, 0.6) is 0 Å². The lowest BCUT2D eigenvalue weighted by Crippen LogP contribution is -2.08. The van der Waals surface area contributed by atoms with Crippen molar-refractivity contribution < 1.29 is 0 Å². The van der Waals surface area contributed by atoms with E-state index in [9.17, 15) is 0 Å². The van der Waals surface area contributed by atoms with E-state index in [2.05, 4.69) is 19.1 Å². The molecule has 14 heavy (non-hydrogen) atoms. The molecule has 76 valence electrons. The highest BCUT2D eigenvalue weighted by atomic mass is 35.5. The number of allylic oxidation sites excluding steroid dienone is 1. The van der Waals surface area contributed by atoms with Gasteiger partial charge in [0.2, 0.25) is 0 Å². The molecule has 0 fully saturated rings. The monoisotopic (exact) mass is 209 g/mol. The van der Waals surface area contributed by atoms with E-state index in [0.717, 1.165) is 11.6 Å². The fourth-order valence-electron chi connectivity index (χ4n) is 1.38. The van der Waals surface area contributed by atoms with Gasteiger partial charge in [0.15, 0.2) is 0 Å². The second-order valence-corrected chi connectivity index (χ2v) is 3.74. The summed E-state index contributed by atoms with van der Waals surface area (Å²) in [5, 5.41) is 0.818. The highest BCUT2D eigenvalue weighted by Crippen LogP contribution is 2.25. The van der Waals surface area contributed by atoms with Crippen LogP contribution in [0, 0.1) is 0 Å². The van der Waals surface area contributed by atoms with E-state index in [1.165, 1.54) is 11.1 Å². The van der Waals surface area contributed by atoms with Gasteiger partial charge in [-0.3, -0.25) is 0 Å². The average Bonchev–Trinajstić information content (AvgIpc) is 2.20. The van der Waals surface area contributed by atoms with Crippen LogP contribution in [0.3, 0.4) is 0 Å². The summed E-state index contributed by atoms with van der Waals surface area (Å²) in [5.41, 5.74) is 2.39. The molecule has 0 amide bonds. The van der Waals surface area contributed by atoms with E-state index in [1.54, 1.807) is 0 Å². The zero-order valence-corrected chi connectivity index (χ0v) is 9.67. The largest absolute Gasteiger partial charge is 0.368 e. The van der Waals surface area contributed by atoms with Crippen molar-refractivity contribution in [2.75, 3.05) is 14.1 Å². The number of nitrogens with zero attached hydrogens (tertiary/aromatic N) is 1. The minimum atomic E-state index is 0.818. The van der Waals surface area contributed by atoms with Gasteiger partial charge >= 0.3 is 0 Å². The molecule has 0 N–H and O–H groups in total. The molecule has 0 aromatic heterocycles. The summed E-state index contributed by atoms with van der Waals surface area (Å²) < 4.78 is 0. The van der Waals surface area contributed by atoms with E-state index in [1.807, 2.05) is 37.2 Å². The van der Waals surface area contributed by atoms with Crippen LogP contribution < -0.4 is 0 Å². The highest BCUT2D eigenvalue weighted by Gasteiger charge is 2.06.